The molecule has 3 N–H and O–H groups in total. The van der Waals surface area contributed by atoms with E-state index >= 15 is 0 Å². The van der Waals surface area contributed by atoms with Crippen molar-refractivity contribution in [1.82, 2.24) is 5.32 Å². The predicted molar refractivity (Wildman–Crippen MR) is 97.2 cm³/mol. The fourth-order valence-electron chi connectivity index (χ4n) is 2.15. The fourth-order valence-corrected chi connectivity index (χ4v) is 2.15. The van der Waals surface area contributed by atoms with E-state index in [-0.39, 0.29) is 11.8 Å². The Morgan fingerprint density at radius 2 is 1.52 bits per heavy atom. The van der Waals surface area contributed by atoms with Crippen LogP contribution < -0.4 is 16.0 Å². The molecule has 0 saturated carbocycles. The van der Waals surface area contributed by atoms with Crippen molar-refractivity contribution >= 4 is 29.5 Å². The number of nitrogens with two attached hydrogens (primary N) is 1. The normalized spacial score (nSPS) is 10.5. The Morgan fingerprint density at radius 3 is 2.04 bits per heavy atom. The monoisotopic (exact) mass is 337 g/mol. The first kappa shape index (κ1) is 17.9. The van der Waals surface area contributed by atoms with Crippen LogP contribution in [0.3, 0.4) is 0 Å². The summed E-state index contributed by atoms with van der Waals surface area (Å²) >= 11 is 0. The highest BCUT2D eigenvalue weighted by molar-refractivity contribution is 6.04. The van der Waals surface area contributed by atoms with E-state index in [1.165, 1.54) is 11.0 Å². The molecule has 0 spiro atoms. The largest absolute Gasteiger partial charge is 0.366 e. The van der Waals surface area contributed by atoms with Crippen molar-refractivity contribution in [2.24, 2.45) is 5.73 Å². The molecule has 25 heavy (non-hydrogen) atoms. The highest BCUT2D eigenvalue weighted by atomic mass is 16.2. The molecule has 0 unspecified atom stereocenters. The molecule has 6 heteroatoms. The molecule has 0 aliphatic carbocycles. The van der Waals surface area contributed by atoms with E-state index in [2.05, 4.69) is 5.32 Å². The van der Waals surface area contributed by atoms with Gasteiger partial charge in [0, 0.05) is 37.0 Å². The molecule has 0 bridgehead atoms. The molecule has 0 radical (unpaired) electrons. The smallest absolute Gasteiger partial charge is 0.251 e. The SMILES string of the molecule is CNC(=O)c1ccc(/C=C/C(=O)N(C)c2ccc(C(N)=O)cc2)cc1. The lowest BCUT2D eigenvalue weighted by Crippen LogP contribution is -2.24. The standard InChI is InChI=1S/C19H19N3O3/c1-21-19(25)15-6-3-13(4-7-15)5-12-17(23)22(2)16-10-8-14(9-11-16)18(20)24/h3-12H,1-2H3,(H2,20,24)(H,21,25)/b12-5+. The lowest BCUT2D eigenvalue weighted by Gasteiger charge is -2.15. The van der Waals surface area contributed by atoms with Gasteiger partial charge >= 0.3 is 0 Å². The van der Waals surface area contributed by atoms with Gasteiger partial charge in [0.1, 0.15) is 0 Å². The highest BCUT2D eigenvalue weighted by Crippen LogP contribution is 2.15. The van der Waals surface area contributed by atoms with E-state index < -0.39 is 5.91 Å². The maximum absolute atomic E-state index is 12.2. The topological polar surface area (TPSA) is 92.5 Å². The van der Waals surface area contributed by atoms with Gasteiger partial charge in [-0.05, 0) is 48.0 Å². The quantitative estimate of drug-likeness (QED) is 0.815. The van der Waals surface area contributed by atoms with Crippen molar-refractivity contribution in [3.8, 4) is 0 Å². The number of primary amides is 1. The van der Waals surface area contributed by atoms with Crippen molar-refractivity contribution in [2.45, 2.75) is 0 Å². The Balaban J connectivity index is 2.06. The molecule has 0 saturated heterocycles. The minimum absolute atomic E-state index is 0.161. The molecular formula is C19H19N3O3. The molecule has 2 aromatic rings. The minimum atomic E-state index is -0.513. The van der Waals surface area contributed by atoms with Crippen LogP contribution in [0.2, 0.25) is 0 Å². The van der Waals surface area contributed by atoms with Gasteiger partial charge in [0.05, 0.1) is 0 Å². The summed E-state index contributed by atoms with van der Waals surface area (Å²) in [5, 5.41) is 2.55. The maximum atomic E-state index is 12.2. The number of carbonyl (C=O) groups is 3. The molecular weight excluding hydrogens is 318 g/mol. The van der Waals surface area contributed by atoms with Gasteiger partial charge in [0.15, 0.2) is 0 Å². The number of hydrogen-bond acceptors (Lipinski definition) is 3. The van der Waals surface area contributed by atoms with Crippen LogP contribution in [-0.2, 0) is 4.79 Å². The summed E-state index contributed by atoms with van der Waals surface area (Å²) in [5.41, 5.74) is 7.59. The highest BCUT2D eigenvalue weighted by Gasteiger charge is 2.09. The van der Waals surface area contributed by atoms with Crippen molar-refractivity contribution in [2.75, 3.05) is 19.0 Å². The number of rotatable bonds is 5. The molecule has 3 amide bonds. The van der Waals surface area contributed by atoms with E-state index in [1.807, 2.05) is 0 Å². The van der Waals surface area contributed by atoms with Gasteiger partial charge in [0.2, 0.25) is 5.91 Å². The lowest BCUT2D eigenvalue weighted by atomic mass is 10.1. The van der Waals surface area contributed by atoms with Gasteiger partial charge < -0.3 is 16.0 Å². The summed E-state index contributed by atoms with van der Waals surface area (Å²) in [6.07, 6.45) is 3.11. The van der Waals surface area contributed by atoms with Crippen LogP contribution in [0, 0.1) is 0 Å². The first-order valence-corrected chi connectivity index (χ1v) is 7.60. The van der Waals surface area contributed by atoms with Gasteiger partial charge in [-0.2, -0.15) is 0 Å². The average molecular weight is 337 g/mol. The zero-order chi connectivity index (χ0) is 18.4. The van der Waals surface area contributed by atoms with Gasteiger partial charge in [-0.25, -0.2) is 0 Å². The summed E-state index contributed by atoms with van der Waals surface area (Å²) in [6.45, 7) is 0. The number of anilines is 1. The maximum Gasteiger partial charge on any atom is 0.251 e. The van der Waals surface area contributed by atoms with E-state index in [1.54, 1.807) is 68.7 Å². The number of benzene rings is 2. The van der Waals surface area contributed by atoms with Crippen molar-refractivity contribution in [1.29, 1.82) is 0 Å². The predicted octanol–water partition coefficient (Wildman–Crippen LogP) is 1.82. The molecule has 2 aromatic carbocycles. The first-order chi connectivity index (χ1) is 11.9. The zero-order valence-corrected chi connectivity index (χ0v) is 14.0. The molecule has 0 aliphatic rings. The molecule has 2 rings (SSSR count). The van der Waals surface area contributed by atoms with E-state index in [0.717, 1.165) is 5.56 Å². The van der Waals surface area contributed by atoms with Crippen molar-refractivity contribution in [3.63, 3.8) is 0 Å². The second kappa shape index (κ2) is 7.92. The zero-order valence-electron chi connectivity index (χ0n) is 14.0. The fraction of sp³-hybridized carbons (Fsp3) is 0.105. The molecule has 6 nitrogen and oxygen atoms in total. The summed E-state index contributed by atoms with van der Waals surface area (Å²) < 4.78 is 0. The Bertz CT molecular complexity index is 809. The van der Waals surface area contributed by atoms with Crippen molar-refractivity contribution in [3.05, 3.63) is 71.3 Å². The summed E-state index contributed by atoms with van der Waals surface area (Å²) in [5.74, 6) is -0.895. The van der Waals surface area contributed by atoms with Gasteiger partial charge in [-0.1, -0.05) is 12.1 Å². The third kappa shape index (κ3) is 4.54. The van der Waals surface area contributed by atoms with Gasteiger partial charge in [-0.15, -0.1) is 0 Å². The number of nitrogens with one attached hydrogen (secondary N) is 1. The lowest BCUT2D eigenvalue weighted by molar-refractivity contribution is -0.113. The second-order valence-corrected chi connectivity index (χ2v) is 5.34. The van der Waals surface area contributed by atoms with Gasteiger partial charge in [0.25, 0.3) is 11.8 Å². The van der Waals surface area contributed by atoms with E-state index in [0.29, 0.717) is 16.8 Å². The minimum Gasteiger partial charge on any atom is -0.366 e. The van der Waals surface area contributed by atoms with Crippen LogP contribution in [0.5, 0.6) is 0 Å². The number of amides is 3. The number of carbonyl (C=O) groups excluding carboxylic acids is 3. The van der Waals surface area contributed by atoms with E-state index in [4.69, 9.17) is 5.73 Å². The summed E-state index contributed by atoms with van der Waals surface area (Å²) in [4.78, 5) is 36.2. The molecule has 0 fully saturated rings. The Hall–Kier alpha value is -3.41. The first-order valence-electron chi connectivity index (χ1n) is 7.60. The Labute approximate surface area is 145 Å². The number of nitrogens with zero attached hydrogens (tertiary/aromatic N) is 1. The number of likely N-dealkylation sites (N-methyl/N-ethyl adjacent to an activating group) is 1. The van der Waals surface area contributed by atoms with E-state index in [9.17, 15) is 14.4 Å². The van der Waals surface area contributed by atoms with Gasteiger partial charge in [-0.3, -0.25) is 14.4 Å². The van der Waals surface area contributed by atoms with Crippen LogP contribution in [0.25, 0.3) is 6.08 Å². The molecule has 0 aliphatic heterocycles. The molecule has 128 valence electrons. The Kier molecular flexibility index (Phi) is 5.68. The average Bonchev–Trinajstić information content (AvgIpc) is 2.65. The number of hydrogen-bond donors (Lipinski definition) is 2. The summed E-state index contributed by atoms with van der Waals surface area (Å²) in [6, 6.07) is 13.4. The van der Waals surface area contributed by atoms with Crippen LogP contribution in [0.1, 0.15) is 26.3 Å². The summed E-state index contributed by atoms with van der Waals surface area (Å²) in [7, 11) is 3.21. The molecule has 0 aromatic heterocycles. The van der Waals surface area contributed by atoms with Crippen molar-refractivity contribution < 1.29 is 14.4 Å². The third-order valence-electron chi connectivity index (χ3n) is 3.69. The molecule has 0 atom stereocenters. The Morgan fingerprint density at radius 1 is 0.960 bits per heavy atom. The second-order valence-electron chi connectivity index (χ2n) is 5.34. The van der Waals surface area contributed by atoms with Crippen LogP contribution in [0.15, 0.2) is 54.6 Å². The van der Waals surface area contributed by atoms with Crippen LogP contribution in [0.4, 0.5) is 5.69 Å². The van der Waals surface area contributed by atoms with Crippen LogP contribution >= 0.6 is 0 Å². The van der Waals surface area contributed by atoms with Crippen LogP contribution in [-0.4, -0.2) is 31.8 Å². The third-order valence-corrected chi connectivity index (χ3v) is 3.69. The molecule has 0 heterocycles.